The van der Waals surface area contributed by atoms with Gasteiger partial charge in [0.05, 0.1) is 22.0 Å². The number of halogens is 3. The minimum atomic E-state index is -4.07. The minimum absolute atomic E-state index is 0.0768. The van der Waals surface area contributed by atoms with Gasteiger partial charge in [0.25, 0.3) is 0 Å². The van der Waals surface area contributed by atoms with E-state index in [-0.39, 0.29) is 29.3 Å². The lowest BCUT2D eigenvalue weighted by molar-refractivity contribution is 0.350. The summed E-state index contributed by atoms with van der Waals surface area (Å²) in [6, 6.07) is 9.13. The summed E-state index contributed by atoms with van der Waals surface area (Å²) >= 11 is 6.11. The number of hydrogen-bond donors (Lipinski definition) is 0. The monoisotopic (exact) mass is 425 g/mol. The van der Waals surface area contributed by atoms with Gasteiger partial charge in [0.15, 0.2) is 11.6 Å². The van der Waals surface area contributed by atoms with Crippen LogP contribution in [0.3, 0.4) is 0 Å². The van der Waals surface area contributed by atoms with Crippen molar-refractivity contribution in [1.82, 2.24) is 14.5 Å². The number of hydrogen-bond acceptors (Lipinski definition) is 5. The van der Waals surface area contributed by atoms with Crippen molar-refractivity contribution in [2.24, 2.45) is 0 Å². The molecule has 0 atom stereocenters. The van der Waals surface area contributed by atoms with E-state index < -0.39 is 21.7 Å². The summed E-state index contributed by atoms with van der Waals surface area (Å²) in [5, 5.41) is 8.26. The highest BCUT2D eigenvalue weighted by molar-refractivity contribution is 7.89. The topological polar surface area (TPSA) is 76.3 Å². The summed E-state index contributed by atoms with van der Waals surface area (Å²) in [7, 11) is -4.07. The normalized spacial score (nSPS) is 14.6. The molecule has 4 rings (SSSR count). The molecule has 1 aliphatic rings. The van der Waals surface area contributed by atoms with Crippen molar-refractivity contribution < 1.29 is 21.6 Å². The summed E-state index contributed by atoms with van der Waals surface area (Å²) in [4.78, 5) is -0.329. The Morgan fingerprint density at radius 3 is 2.54 bits per heavy atom. The summed E-state index contributed by atoms with van der Waals surface area (Å²) in [6.45, 7) is -0.177. The summed E-state index contributed by atoms with van der Waals surface area (Å²) < 4.78 is 59.3. The third kappa shape index (κ3) is 3.65. The molecule has 1 aliphatic carbocycles. The van der Waals surface area contributed by atoms with E-state index in [0.29, 0.717) is 29.5 Å². The Kier molecular flexibility index (Phi) is 4.90. The van der Waals surface area contributed by atoms with Crippen LogP contribution in [0.15, 0.2) is 51.8 Å². The molecule has 1 heterocycles. The van der Waals surface area contributed by atoms with Crippen molar-refractivity contribution in [2.75, 3.05) is 0 Å². The zero-order valence-corrected chi connectivity index (χ0v) is 15.9. The van der Waals surface area contributed by atoms with Crippen LogP contribution in [0.2, 0.25) is 5.02 Å². The Labute approximate surface area is 164 Å². The van der Waals surface area contributed by atoms with Gasteiger partial charge in [0.2, 0.25) is 21.8 Å². The molecule has 28 heavy (non-hydrogen) atoms. The van der Waals surface area contributed by atoms with Crippen LogP contribution in [0, 0.1) is 11.6 Å². The smallest absolute Gasteiger partial charge is 0.249 e. The second-order valence-corrected chi connectivity index (χ2v) is 8.64. The molecule has 0 unspecified atom stereocenters. The minimum Gasteiger partial charge on any atom is -0.419 e. The SMILES string of the molecule is O=S(=O)(c1ccc(F)c(F)c1)N(Cc1nnc(-c2ccccc2Cl)o1)C1CC1. The third-order valence-corrected chi connectivity index (χ3v) is 6.54. The Morgan fingerprint density at radius 1 is 1.11 bits per heavy atom. The van der Waals surface area contributed by atoms with Gasteiger partial charge in [0.1, 0.15) is 0 Å². The molecule has 3 aromatic rings. The first-order valence-electron chi connectivity index (χ1n) is 8.40. The average Bonchev–Trinajstić information content (AvgIpc) is 3.40. The van der Waals surface area contributed by atoms with Crippen molar-refractivity contribution in [3.63, 3.8) is 0 Å². The molecule has 146 valence electrons. The van der Waals surface area contributed by atoms with E-state index in [1.165, 1.54) is 4.31 Å². The first kappa shape index (κ1) is 19.0. The van der Waals surface area contributed by atoms with Gasteiger partial charge in [-0.2, -0.15) is 4.31 Å². The number of aromatic nitrogens is 2. The average molecular weight is 426 g/mol. The van der Waals surface area contributed by atoms with E-state index in [9.17, 15) is 17.2 Å². The Bertz CT molecular complexity index is 1130. The van der Waals surface area contributed by atoms with E-state index in [1.54, 1.807) is 24.3 Å². The van der Waals surface area contributed by atoms with Crippen LogP contribution in [-0.4, -0.2) is 29.0 Å². The molecule has 0 amide bonds. The van der Waals surface area contributed by atoms with Crippen LogP contribution < -0.4 is 0 Å². The second-order valence-electron chi connectivity index (χ2n) is 6.34. The van der Waals surface area contributed by atoms with Crippen molar-refractivity contribution in [1.29, 1.82) is 0 Å². The van der Waals surface area contributed by atoms with E-state index >= 15 is 0 Å². The molecule has 1 aromatic heterocycles. The molecule has 0 N–H and O–H groups in total. The molecule has 0 aliphatic heterocycles. The van der Waals surface area contributed by atoms with Crippen LogP contribution in [0.4, 0.5) is 8.78 Å². The third-order valence-electron chi connectivity index (χ3n) is 4.31. The second kappa shape index (κ2) is 7.23. The van der Waals surface area contributed by atoms with Crippen LogP contribution in [0.5, 0.6) is 0 Å². The van der Waals surface area contributed by atoms with E-state index in [2.05, 4.69) is 10.2 Å². The molecular formula is C18H14ClF2N3O3S. The van der Waals surface area contributed by atoms with Gasteiger partial charge in [-0.3, -0.25) is 0 Å². The molecule has 2 aromatic carbocycles. The van der Waals surface area contributed by atoms with Crippen LogP contribution in [0.1, 0.15) is 18.7 Å². The van der Waals surface area contributed by atoms with Crippen LogP contribution >= 0.6 is 11.6 Å². The van der Waals surface area contributed by atoms with Gasteiger partial charge < -0.3 is 4.42 Å². The zero-order chi connectivity index (χ0) is 19.9. The first-order chi connectivity index (χ1) is 13.4. The maximum absolute atomic E-state index is 13.5. The predicted molar refractivity (Wildman–Crippen MR) is 96.9 cm³/mol. The predicted octanol–water partition coefficient (Wildman–Crippen LogP) is 4.02. The maximum atomic E-state index is 13.5. The van der Waals surface area contributed by atoms with Crippen molar-refractivity contribution >= 4 is 21.6 Å². The summed E-state index contributed by atoms with van der Waals surface area (Å²) in [5.74, 6) is -2.09. The van der Waals surface area contributed by atoms with Gasteiger partial charge in [-0.05, 0) is 43.2 Å². The highest BCUT2D eigenvalue weighted by atomic mass is 35.5. The Balaban J connectivity index is 1.63. The molecule has 0 bridgehead atoms. The number of benzene rings is 2. The summed E-state index contributed by atoms with van der Waals surface area (Å²) in [6.07, 6.45) is 1.32. The van der Waals surface area contributed by atoms with Gasteiger partial charge in [-0.1, -0.05) is 23.7 Å². The molecule has 1 saturated carbocycles. The lowest BCUT2D eigenvalue weighted by Crippen LogP contribution is -2.33. The van der Waals surface area contributed by atoms with Gasteiger partial charge in [-0.15, -0.1) is 10.2 Å². The highest BCUT2D eigenvalue weighted by Crippen LogP contribution is 2.34. The first-order valence-corrected chi connectivity index (χ1v) is 10.2. The fourth-order valence-corrected chi connectivity index (χ4v) is 4.60. The van der Waals surface area contributed by atoms with Gasteiger partial charge in [-0.25, -0.2) is 17.2 Å². The summed E-state index contributed by atoms with van der Waals surface area (Å²) in [5.41, 5.74) is 0.532. The van der Waals surface area contributed by atoms with Crippen molar-refractivity contribution in [2.45, 2.75) is 30.3 Å². The molecule has 0 radical (unpaired) electrons. The number of nitrogens with zero attached hydrogens (tertiary/aromatic N) is 3. The largest absolute Gasteiger partial charge is 0.419 e. The lowest BCUT2D eigenvalue weighted by atomic mass is 10.2. The standard InChI is InChI=1S/C18H14ClF2N3O3S/c19-14-4-2-1-3-13(14)18-23-22-17(27-18)10-24(11-5-6-11)28(25,26)12-7-8-15(20)16(21)9-12/h1-4,7-9,11H,5-6,10H2. The van der Waals surface area contributed by atoms with Gasteiger partial charge >= 0.3 is 0 Å². The van der Waals surface area contributed by atoms with Crippen molar-refractivity contribution in [3.8, 4) is 11.5 Å². The molecule has 1 fully saturated rings. The lowest BCUT2D eigenvalue weighted by Gasteiger charge is -2.20. The fourth-order valence-electron chi connectivity index (χ4n) is 2.74. The Hall–Kier alpha value is -2.36. The molecule has 6 nitrogen and oxygen atoms in total. The van der Waals surface area contributed by atoms with Crippen molar-refractivity contribution in [3.05, 3.63) is 65.0 Å². The quantitative estimate of drug-likeness (QED) is 0.596. The van der Waals surface area contributed by atoms with Crippen LogP contribution in [0.25, 0.3) is 11.5 Å². The van der Waals surface area contributed by atoms with Crippen LogP contribution in [-0.2, 0) is 16.6 Å². The van der Waals surface area contributed by atoms with Gasteiger partial charge in [0, 0.05) is 6.04 Å². The molecule has 0 saturated heterocycles. The molecule has 0 spiro atoms. The highest BCUT2D eigenvalue weighted by Gasteiger charge is 2.39. The van der Waals surface area contributed by atoms with E-state index in [0.717, 1.165) is 12.1 Å². The zero-order valence-electron chi connectivity index (χ0n) is 14.3. The van der Waals surface area contributed by atoms with E-state index in [1.807, 2.05) is 0 Å². The number of rotatable bonds is 6. The number of sulfonamides is 1. The fraction of sp³-hybridized carbons (Fsp3) is 0.222. The van der Waals surface area contributed by atoms with E-state index in [4.69, 9.17) is 16.0 Å². The molecular weight excluding hydrogens is 412 g/mol. The maximum Gasteiger partial charge on any atom is 0.249 e. The molecule has 10 heteroatoms. The Morgan fingerprint density at radius 2 is 1.86 bits per heavy atom.